The molecule has 1 aliphatic carbocycles. The average Bonchev–Trinajstić information content (AvgIpc) is 3.21. The minimum atomic E-state index is -0.160. The van der Waals surface area contributed by atoms with E-state index in [1.165, 1.54) is 26.4 Å². The monoisotopic (exact) mass is 462 g/mol. The molecule has 1 aromatic heterocycles. The summed E-state index contributed by atoms with van der Waals surface area (Å²) in [6.07, 6.45) is 6.24. The molecule has 1 heterocycles. The molecule has 7 heteroatoms. The summed E-state index contributed by atoms with van der Waals surface area (Å²) in [5.74, 6) is 0.756. The number of para-hydroxylation sites is 2. The quantitative estimate of drug-likeness (QED) is 0.498. The van der Waals surface area contributed by atoms with Gasteiger partial charge < -0.3 is 19.5 Å². The lowest BCUT2D eigenvalue weighted by atomic mass is 9.93. The number of nitrogens with one attached hydrogen (secondary N) is 1. The Morgan fingerprint density at radius 2 is 1.79 bits per heavy atom. The molecule has 1 N–H and O–H groups in total. The maximum absolute atomic E-state index is 13.8. The lowest BCUT2D eigenvalue weighted by Crippen LogP contribution is -2.42. The minimum Gasteiger partial charge on any atom is -0.375 e. The Hall–Kier alpha value is -3.19. The van der Waals surface area contributed by atoms with Gasteiger partial charge in [-0.05, 0) is 30.5 Å². The second-order valence-electron chi connectivity index (χ2n) is 8.93. The smallest absolute Gasteiger partial charge is 0.245 e. The maximum atomic E-state index is 13.8. The van der Waals surface area contributed by atoms with Crippen molar-refractivity contribution in [1.82, 2.24) is 19.8 Å². The minimum absolute atomic E-state index is 0.0325. The van der Waals surface area contributed by atoms with E-state index in [0.717, 1.165) is 35.3 Å². The molecule has 0 bridgehead atoms. The predicted molar refractivity (Wildman–Crippen MR) is 132 cm³/mol. The van der Waals surface area contributed by atoms with Crippen LogP contribution >= 0.6 is 0 Å². The highest BCUT2D eigenvalue weighted by Crippen LogP contribution is 2.25. The lowest BCUT2D eigenvalue weighted by Gasteiger charge is -2.35. The van der Waals surface area contributed by atoms with Crippen LogP contribution in [0.2, 0.25) is 0 Å². The van der Waals surface area contributed by atoms with Crippen molar-refractivity contribution in [3.63, 3.8) is 0 Å². The summed E-state index contributed by atoms with van der Waals surface area (Å²) in [6, 6.07) is 18.4. The summed E-state index contributed by atoms with van der Waals surface area (Å²) in [5.41, 5.74) is 2.95. The Morgan fingerprint density at radius 3 is 2.56 bits per heavy atom. The standard InChI is InChI=1S/C27H34N4O3/c1-34-20-26(32)28-17-16-25-29-23-14-8-9-15-24(23)31(25)19-27(33)30(22-12-6-3-7-13-22)18-21-10-4-2-5-11-21/h2,4-5,8-11,14-15,22H,3,6-7,12-13,16-20H2,1H3,(H,28,32). The van der Waals surface area contributed by atoms with Gasteiger partial charge in [0.2, 0.25) is 11.8 Å². The topological polar surface area (TPSA) is 76.5 Å². The molecule has 0 atom stereocenters. The van der Waals surface area contributed by atoms with Crippen molar-refractivity contribution in [3.8, 4) is 0 Å². The van der Waals surface area contributed by atoms with Crippen LogP contribution in [-0.2, 0) is 33.8 Å². The van der Waals surface area contributed by atoms with Gasteiger partial charge in [-0.25, -0.2) is 4.98 Å². The van der Waals surface area contributed by atoms with Gasteiger partial charge in [0, 0.05) is 32.7 Å². The van der Waals surface area contributed by atoms with Crippen molar-refractivity contribution in [1.29, 1.82) is 0 Å². The largest absolute Gasteiger partial charge is 0.375 e. The highest BCUT2D eigenvalue weighted by atomic mass is 16.5. The van der Waals surface area contributed by atoms with E-state index in [1.54, 1.807) is 0 Å². The van der Waals surface area contributed by atoms with Crippen LogP contribution < -0.4 is 5.32 Å². The number of hydrogen-bond acceptors (Lipinski definition) is 4. The molecule has 0 radical (unpaired) electrons. The average molecular weight is 463 g/mol. The first-order valence-electron chi connectivity index (χ1n) is 12.2. The predicted octanol–water partition coefficient (Wildman–Crippen LogP) is 3.70. The van der Waals surface area contributed by atoms with Gasteiger partial charge in [-0.1, -0.05) is 61.7 Å². The first-order chi connectivity index (χ1) is 16.7. The Bertz CT molecular complexity index is 1090. The molecular formula is C27H34N4O3. The summed E-state index contributed by atoms with van der Waals surface area (Å²) < 4.78 is 6.90. The second-order valence-corrected chi connectivity index (χ2v) is 8.93. The molecule has 1 aliphatic rings. The van der Waals surface area contributed by atoms with Crippen molar-refractivity contribution in [2.75, 3.05) is 20.3 Å². The zero-order valence-corrected chi connectivity index (χ0v) is 19.9. The summed E-state index contributed by atoms with van der Waals surface area (Å²) >= 11 is 0. The molecule has 0 unspecified atom stereocenters. The third-order valence-corrected chi connectivity index (χ3v) is 6.50. The number of nitrogens with zero attached hydrogens (tertiary/aromatic N) is 3. The molecule has 0 saturated heterocycles. The SMILES string of the molecule is COCC(=O)NCCc1nc2ccccc2n1CC(=O)N(Cc1ccccc1)C1CCCCC1. The normalized spacial score (nSPS) is 14.3. The molecule has 0 spiro atoms. The molecule has 1 saturated carbocycles. The van der Waals surface area contributed by atoms with Crippen LogP contribution in [0.1, 0.15) is 43.5 Å². The van der Waals surface area contributed by atoms with Gasteiger partial charge in [0.05, 0.1) is 11.0 Å². The van der Waals surface area contributed by atoms with Crippen LogP contribution in [0.4, 0.5) is 0 Å². The lowest BCUT2D eigenvalue weighted by molar-refractivity contribution is -0.135. The summed E-state index contributed by atoms with van der Waals surface area (Å²) in [5, 5.41) is 2.85. The van der Waals surface area contributed by atoms with Gasteiger partial charge in [0.1, 0.15) is 19.0 Å². The second kappa shape index (κ2) is 11.8. The van der Waals surface area contributed by atoms with Crippen molar-refractivity contribution in [3.05, 3.63) is 66.0 Å². The van der Waals surface area contributed by atoms with Gasteiger partial charge >= 0.3 is 0 Å². The van der Waals surface area contributed by atoms with Crippen molar-refractivity contribution in [2.24, 2.45) is 0 Å². The number of aromatic nitrogens is 2. The summed E-state index contributed by atoms with van der Waals surface area (Å²) in [7, 11) is 1.50. The van der Waals surface area contributed by atoms with Gasteiger partial charge in [0.15, 0.2) is 0 Å². The molecule has 4 rings (SSSR count). The fraction of sp³-hybridized carbons (Fsp3) is 0.444. The van der Waals surface area contributed by atoms with E-state index < -0.39 is 0 Å². The number of methoxy groups -OCH3 is 1. The number of carbonyl (C=O) groups is 2. The Kier molecular flexibility index (Phi) is 8.31. The van der Waals surface area contributed by atoms with Gasteiger partial charge in [-0.15, -0.1) is 0 Å². The molecule has 2 aromatic carbocycles. The van der Waals surface area contributed by atoms with Crippen LogP contribution in [0.15, 0.2) is 54.6 Å². The Labute approximate surface area is 201 Å². The van der Waals surface area contributed by atoms with Crippen molar-refractivity contribution < 1.29 is 14.3 Å². The number of rotatable bonds is 10. The third-order valence-electron chi connectivity index (χ3n) is 6.50. The summed E-state index contributed by atoms with van der Waals surface area (Å²) in [6.45, 7) is 1.34. The first kappa shape index (κ1) is 24.0. The number of imidazole rings is 1. The molecule has 34 heavy (non-hydrogen) atoms. The van der Waals surface area contributed by atoms with Crippen LogP contribution in [0.3, 0.4) is 0 Å². The molecule has 3 aromatic rings. The van der Waals surface area contributed by atoms with Crippen LogP contribution in [-0.4, -0.2) is 52.6 Å². The zero-order chi connectivity index (χ0) is 23.8. The molecule has 1 fully saturated rings. The maximum Gasteiger partial charge on any atom is 0.245 e. The molecule has 2 amide bonds. The molecule has 7 nitrogen and oxygen atoms in total. The van der Waals surface area contributed by atoms with E-state index in [-0.39, 0.29) is 31.0 Å². The number of hydrogen-bond donors (Lipinski definition) is 1. The molecule has 180 valence electrons. The van der Waals surface area contributed by atoms with Crippen molar-refractivity contribution >= 4 is 22.8 Å². The first-order valence-corrected chi connectivity index (χ1v) is 12.2. The Balaban J connectivity index is 1.55. The van der Waals surface area contributed by atoms with E-state index in [1.807, 2.05) is 47.0 Å². The van der Waals surface area contributed by atoms with Crippen LogP contribution in [0, 0.1) is 0 Å². The van der Waals surface area contributed by atoms with Crippen LogP contribution in [0.25, 0.3) is 11.0 Å². The number of amides is 2. The van der Waals surface area contributed by atoms with Crippen molar-refractivity contribution in [2.45, 2.75) is 57.7 Å². The van der Waals surface area contributed by atoms with E-state index in [4.69, 9.17) is 9.72 Å². The van der Waals surface area contributed by atoms with Gasteiger partial charge in [-0.3, -0.25) is 9.59 Å². The fourth-order valence-electron chi connectivity index (χ4n) is 4.81. The summed E-state index contributed by atoms with van der Waals surface area (Å²) in [4.78, 5) is 32.4. The number of benzene rings is 2. The molecular weight excluding hydrogens is 428 g/mol. The highest BCUT2D eigenvalue weighted by Gasteiger charge is 2.26. The van der Waals surface area contributed by atoms with Crippen LogP contribution in [0.5, 0.6) is 0 Å². The zero-order valence-electron chi connectivity index (χ0n) is 19.9. The van der Waals surface area contributed by atoms with E-state index >= 15 is 0 Å². The Morgan fingerprint density at radius 1 is 1.06 bits per heavy atom. The van der Waals surface area contributed by atoms with Gasteiger partial charge in [0.25, 0.3) is 0 Å². The van der Waals surface area contributed by atoms with E-state index in [0.29, 0.717) is 19.5 Å². The third kappa shape index (κ3) is 6.03. The van der Waals surface area contributed by atoms with E-state index in [2.05, 4.69) is 22.3 Å². The highest BCUT2D eigenvalue weighted by molar-refractivity contribution is 5.81. The number of fused-ring (bicyclic) bond motifs is 1. The fourth-order valence-corrected chi connectivity index (χ4v) is 4.81. The molecule has 0 aliphatic heterocycles. The number of carbonyl (C=O) groups excluding carboxylic acids is 2. The van der Waals surface area contributed by atoms with E-state index in [9.17, 15) is 9.59 Å². The number of ether oxygens (including phenoxy) is 1. The van der Waals surface area contributed by atoms with Gasteiger partial charge in [-0.2, -0.15) is 0 Å².